The lowest BCUT2D eigenvalue weighted by Crippen LogP contribution is -2.27. The fourth-order valence-corrected chi connectivity index (χ4v) is 3.10. The van der Waals surface area contributed by atoms with Crippen molar-refractivity contribution in [3.8, 4) is 0 Å². The van der Waals surface area contributed by atoms with Gasteiger partial charge in [0.25, 0.3) is 0 Å². The Balaban J connectivity index is 2.01. The Morgan fingerprint density at radius 3 is 2.70 bits per heavy atom. The summed E-state index contributed by atoms with van der Waals surface area (Å²) in [4.78, 5) is 14.1. The number of benzene rings is 2. The zero-order chi connectivity index (χ0) is 14.1. The first-order chi connectivity index (χ1) is 9.65. The first kappa shape index (κ1) is 13.2. The maximum absolute atomic E-state index is 12.2. The van der Waals surface area contributed by atoms with E-state index in [0.717, 1.165) is 27.8 Å². The summed E-state index contributed by atoms with van der Waals surface area (Å²) in [6, 6.07) is 15.7. The highest BCUT2D eigenvalue weighted by atomic mass is 79.9. The van der Waals surface area contributed by atoms with Crippen LogP contribution in [-0.4, -0.2) is 5.91 Å². The van der Waals surface area contributed by atoms with Crippen LogP contribution in [0.4, 0.5) is 11.4 Å². The number of nitrogens with two attached hydrogens (primary N) is 1. The third kappa shape index (κ3) is 2.43. The maximum Gasteiger partial charge on any atom is 0.227 e. The van der Waals surface area contributed by atoms with Crippen LogP contribution in [0.1, 0.15) is 24.4 Å². The third-order valence-corrected chi connectivity index (χ3v) is 4.09. The molecule has 1 amide bonds. The van der Waals surface area contributed by atoms with Gasteiger partial charge in [0.1, 0.15) is 0 Å². The van der Waals surface area contributed by atoms with Gasteiger partial charge in [-0.1, -0.05) is 34.1 Å². The highest BCUT2D eigenvalue weighted by Crippen LogP contribution is 2.38. The molecule has 2 N–H and O–H groups in total. The lowest BCUT2D eigenvalue weighted by molar-refractivity contribution is -0.117. The van der Waals surface area contributed by atoms with Gasteiger partial charge in [-0.25, -0.2) is 0 Å². The second-order valence-corrected chi connectivity index (χ2v) is 5.88. The summed E-state index contributed by atoms with van der Waals surface area (Å²) in [5, 5.41) is 0. The standard InChI is InChI=1S/C16H15BrN2O/c17-12-4-2-6-14(10-12)19-15(7-8-16(19)20)11-3-1-5-13(18)9-11/h1-6,9-10,15H,7-8,18H2. The van der Waals surface area contributed by atoms with E-state index >= 15 is 0 Å². The topological polar surface area (TPSA) is 46.3 Å². The molecule has 0 aromatic heterocycles. The van der Waals surface area contributed by atoms with Crippen molar-refractivity contribution in [2.24, 2.45) is 0 Å². The lowest BCUT2D eigenvalue weighted by Gasteiger charge is -2.25. The van der Waals surface area contributed by atoms with Crippen molar-refractivity contribution in [1.82, 2.24) is 0 Å². The van der Waals surface area contributed by atoms with Crippen molar-refractivity contribution in [3.63, 3.8) is 0 Å². The Hall–Kier alpha value is -1.81. The van der Waals surface area contributed by atoms with E-state index in [1.54, 1.807) is 0 Å². The molecule has 4 heteroatoms. The molecule has 0 aliphatic carbocycles. The Morgan fingerprint density at radius 2 is 1.95 bits per heavy atom. The van der Waals surface area contributed by atoms with Crippen LogP contribution in [0.3, 0.4) is 0 Å². The van der Waals surface area contributed by atoms with Gasteiger partial charge in [0.15, 0.2) is 0 Å². The highest BCUT2D eigenvalue weighted by molar-refractivity contribution is 9.10. The Kier molecular flexibility index (Phi) is 3.49. The normalized spacial score (nSPS) is 18.6. The molecule has 20 heavy (non-hydrogen) atoms. The van der Waals surface area contributed by atoms with Gasteiger partial charge in [0.05, 0.1) is 6.04 Å². The van der Waals surface area contributed by atoms with Gasteiger partial charge in [0, 0.05) is 22.3 Å². The molecule has 0 saturated carbocycles. The number of anilines is 2. The Morgan fingerprint density at radius 1 is 1.15 bits per heavy atom. The maximum atomic E-state index is 12.2. The number of rotatable bonds is 2. The van der Waals surface area contributed by atoms with Crippen LogP contribution in [0.2, 0.25) is 0 Å². The zero-order valence-corrected chi connectivity index (χ0v) is 12.5. The minimum Gasteiger partial charge on any atom is -0.399 e. The van der Waals surface area contributed by atoms with Crippen LogP contribution in [-0.2, 0) is 4.79 Å². The summed E-state index contributed by atoms with van der Waals surface area (Å²) >= 11 is 3.46. The first-order valence-electron chi connectivity index (χ1n) is 6.58. The van der Waals surface area contributed by atoms with E-state index in [0.29, 0.717) is 6.42 Å². The van der Waals surface area contributed by atoms with Crippen LogP contribution in [0.25, 0.3) is 0 Å². The quantitative estimate of drug-likeness (QED) is 0.849. The van der Waals surface area contributed by atoms with Crippen molar-refractivity contribution < 1.29 is 4.79 Å². The Bertz CT molecular complexity index is 656. The molecule has 1 atom stereocenters. The van der Waals surface area contributed by atoms with Gasteiger partial charge in [-0.15, -0.1) is 0 Å². The molecule has 1 heterocycles. The summed E-state index contributed by atoms with van der Waals surface area (Å²) in [6.45, 7) is 0. The molecule has 2 aromatic rings. The second kappa shape index (κ2) is 5.29. The van der Waals surface area contributed by atoms with Crippen molar-refractivity contribution in [1.29, 1.82) is 0 Å². The van der Waals surface area contributed by atoms with E-state index in [2.05, 4.69) is 15.9 Å². The summed E-state index contributed by atoms with van der Waals surface area (Å²) < 4.78 is 0.973. The van der Waals surface area contributed by atoms with Crippen LogP contribution in [0.15, 0.2) is 53.0 Å². The van der Waals surface area contributed by atoms with E-state index < -0.39 is 0 Å². The molecular weight excluding hydrogens is 316 g/mol. The fraction of sp³-hybridized carbons (Fsp3) is 0.188. The molecule has 1 aliphatic heterocycles. The minimum absolute atomic E-state index is 0.0697. The van der Waals surface area contributed by atoms with Crippen molar-refractivity contribution >= 4 is 33.2 Å². The van der Waals surface area contributed by atoms with E-state index in [1.165, 1.54) is 0 Å². The van der Waals surface area contributed by atoms with Crippen LogP contribution in [0, 0.1) is 0 Å². The fourth-order valence-electron chi connectivity index (χ4n) is 2.72. The lowest BCUT2D eigenvalue weighted by atomic mass is 10.0. The molecule has 3 nitrogen and oxygen atoms in total. The number of carbonyl (C=O) groups is 1. The second-order valence-electron chi connectivity index (χ2n) is 4.97. The average Bonchev–Trinajstić information content (AvgIpc) is 2.80. The smallest absolute Gasteiger partial charge is 0.227 e. The summed E-state index contributed by atoms with van der Waals surface area (Å²) in [7, 11) is 0. The number of nitrogen functional groups attached to an aromatic ring is 1. The molecular formula is C16H15BrN2O. The van der Waals surface area contributed by atoms with E-state index in [9.17, 15) is 4.79 Å². The minimum atomic E-state index is 0.0697. The molecule has 0 bridgehead atoms. The number of amides is 1. The van der Waals surface area contributed by atoms with Crippen molar-refractivity contribution in [3.05, 3.63) is 58.6 Å². The van der Waals surface area contributed by atoms with E-state index in [-0.39, 0.29) is 11.9 Å². The summed E-state index contributed by atoms with van der Waals surface area (Å²) in [5.74, 6) is 0.163. The van der Waals surface area contributed by atoms with Crippen LogP contribution in [0.5, 0.6) is 0 Å². The number of halogens is 1. The van der Waals surface area contributed by atoms with Gasteiger partial charge in [0.2, 0.25) is 5.91 Å². The molecule has 1 saturated heterocycles. The molecule has 0 spiro atoms. The molecule has 2 aromatic carbocycles. The molecule has 1 aliphatic rings. The molecule has 3 rings (SSSR count). The van der Waals surface area contributed by atoms with Crippen molar-refractivity contribution in [2.45, 2.75) is 18.9 Å². The number of hydrogen-bond donors (Lipinski definition) is 1. The van der Waals surface area contributed by atoms with Crippen LogP contribution < -0.4 is 10.6 Å². The monoisotopic (exact) mass is 330 g/mol. The Labute approximate surface area is 126 Å². The first-order valence-corrected chi connectivity index (χ1v) is 7.37. The van der Waals surface area contributed by atoms with Gasteiger partial charge in [-0.2, -0.15) is 0 Å². The van der Waals surface area contributed by atoms with Gasteiger partial charge < -0.3 is 10.6 Å². The third-order valence-electron chi connectivity index (χ3n) is 3.59. The molecule has 102 valence electrons. The van der Waals surface area contributed by atoms with Gasteiger partial charge >= 0.3 is 0 Å². The number of nitrogens with zero attached hydrogens (tertiary/aromatic N) is 1. The summed E-state index contributed by atoms with van der Waals surface area (Å²) in [6.07, 6.45) is 1.40. The predicted octanol–water partition coefficient (Wildman–Crippen LogP) is 3.90. The number of carbonyl (C=O) groups excluding carboxylic acids is 1. The van der Waals surface area contributed by atoms with E-state index in [1.807, 2.05) is 53.4 Å². The highest BCUT2D eigenvalue weighted by Gasteiger charge is 2.33. The largest absolute Gasteiger partial charge is 0.399 e. The van der Waals surface area contributed by atoms with Gasteiger partial charge in [-0.3, -0.25) is 4.79 Å². The molecule has 1 fully saturated rings. The van der Waals surface area contributed by atoms with E-state index in [4.69, 9.17) is 5.73 Å². The molecule has 1 unspecified atom stereocenters. The SMILES string of the molecule is Nc1cccc(C2CCC(=O)N2c2cccc(Br)c2)c1. The predicted molar refractivity (Wildman–Crippen MR) is 84.5 cm³/mol. The van der Waals surface area contributed by atoms with Crippen LogP contribution >= 0.6 is 15.9 Å². The van der Waals surface area contributed by atoms with Crippen molar-refractivity contribution in [2.75, 3.05) is 10.6 Å². The summed E-state index contributed by atoms with van der Waals surface area (Å²) in [5.41, 5.74) is 8.61. The van der Waals surface area contributed by atoms with Gasteiger partial charge in [-0.05, 0) is 42.3 Å². The zero-order valence-electron chi connectivity index (χ0n) is 10.9. The average molecular weight is 331 g/mol. The number of hydrogen-bond acceptors (Lipinski definition) is 2. The molecule has 0 radical (unpaired) electrons.